The Morgan fingerprint density at radius 1 is 1.04 bits per heavy atom. The van der Waals surface area contributed by atoms with Gasteiger partial charge in [0.2, 0.25) is 4.80 Å². The van der Waals surface area contributed by atoms with Gasteiger partial charge >= 0.3 is 0 Å². The molecule has 0 fully saturated rings. The number of thiazole rings is 1. The third-order valence-corrected chi connectivity index (χ3v) is 5.89. The number of benzene rings is 1. The molecular weight excluding hydrogens is 372 g/mol. The zero-order valence-corrected chi connectivity index (χ0v) is 16.7. The molecule has 0 atom stereocenters. The summed E-state index contributed by atoms with van der Waals surface area (Å²) < 4.78 is 1.90. The van der Waals surface area contributed by atoms with Crippen LogP contribution in [0.25, 0.3) is 10.6 Å². The second kappa shape index (κ2) is 7.82. The van der Waals surface area contributed by atoms with Gasteiger partial charge in [-0.05, 0) is 54.6 Å². The van der Waals surface area contributed by atoms with Gasteiger partial charge in [-0.2, -0.15) is 5.10 Å². The Hall–Kier alpha value is -2.83. The van der Waals surface area contributed by atoms with Gasteiger partial charge in [-0.25, -0.2) is 9.67 Å². The SMILES string of the molecule is Cc1ccc(N=c2scc(-c3cccs3)n2N=Cc2cccnc2)cc1C. The molecule has 4 aromatic rings. The minimum absolute atomic E-state index is 0.835. The van der Waals surface area contributed by atoms with Crippen LogP contribution in [0.3, 0.4) is 0 Å². The highest BCUT2D eigenvalue weighted by Gasteiger charge is 2.08. The molecule has 1 aromatic carbocycles. The maximum Gasteiger partial charge on any atom is 0.211 e. The van der Waals surface area contributed by atoms with Crippen molar-refractivity contribution in [3.8, 4) is 10.6 Å². The number of hydrogen-bond donors (Lipinski definition) is 0. The van der Waals surface area contributed by atoms with Crippen molar-refractivity contribution in [2.45, 2.75) is 13.8 Å². The molecule has 0 saturated carbocycles. The highest BCUT2D eigenvalue weighted by Crippen LogP contribution is 2.25. The third kappa shape index (κ3) is 3.97. The van der Waals surface area contributed by atoms with Crippen LogP contribution < -0.4 is 4.80 Å². The molecule has 0 aliphatic rings. The van der Waals surface area contributed by atoms with Crippen molar-refractivity contribution in [1.82, 2.24) is 9.66 Å². The molecule has 27 heavy (non-hydrogen) atoms. The molecule has 0 amide bonds. The fourth-order valence-corrected chi connectivity index (χ4v) is 4.21. The minimum atomic E-state index is 0.835. The maximum absolute atomic E-state index is 4.84. The fraction of sp³-hybridized carbons (Fsp3) is 0.0952. The smallest absolute Gasteiger partial charge is 0.211 e. The molecule has 4 nitrogen and oxygen atoms in total. The van der Waals surface area contributed by atoms with Gasteiger partial charge < -0.3 is 0 Å². The van der Waals surface area contributed by atoms with E-state index >= 15 is 0 Å². The molecule has 0 unspecified atom stereocenters. The second-order valence-electron chi connectivity index (χ2n) is 6.10. The maximum atomic E-state index is 4.84. The van der Waals surface area contributed by atoms with E-state index in [-0.39, 0.29) is 0 Å². The van der Waals surface area contributed by atoms with E-state index in [1.807, 2.05) is 35.2 Å². The Bertz CT molecular complexity index is 1140. The van der Waals surface area contributed by atoms with Crippen LogP contribution in [0.2, 0.25) is 0 Å². The monoisotopic (exact) mass is 390 g/mol. The van der Waals surface area contributed by atoms with Crippen LogP contribution in [-0.4, -0.2) is 15.9 Å². The third-order valence-electron chi connectivity index (χ3n) is 4.18. The quantitative estimate of drug-likeness (QED) is 0.430. The Morgan fingerprint density at radius 2 is 1.96 bits per heavy atom. The van der Waals surface area contributed by atoms with Crippen LogP contribution in [0.15, 0.2) is 75.7 Å². The van der Waals surface area contributed by atoms with Crippen LogP contribution in [0.4, 0.5) is 5.69 Å². The van der Waals surface area contributed by atoms with Crippen molar-refractivity contribution in [3.05, 3.63) is 87.1 Å². The number of hydrogen-bond acceptors (Lipinski definition) is 5. The van der Waals surface area contributed by atoms with Crippen LogP contribution in [0.5, 0.6) is 0 Å². The average molecular weight is 391 g/mol. The largest absolute Gasteiger partial charge is 0.264 e. The van der Waals surface area contributed by atoms with Gasteiger partial charge in [0.1, 0.15) is 0 Å². The lowest BCUT2D eigenvalue weighted by molar-refractivity contribution is 0.856. The summed E-state index contributed by atoms with van der Waals surface area (Å²) >= 11 is 3.28. The highest BCUT2D eigenvalue weighted by atomic mass is 32.1. The molecule has 3 heterocycles. The Balaban J connectivity index is 1.83. The molecule has 0 aliphatic carbocycles. The first kappa shape index (κ1) is 17.6. The van der Waals surface area contributed by atoms with Gasteiger partial charge in [0.05, 0.1) is 22.5 Å². The van der Waals surface area contributed by atoms with E-state index in [0.717, 1.165) is 26.6 Å². The number of rotatable bonds is 4. The summed E-state index contributed by atoms with van der Waals surface area (Å²) in [4.78, 5) is 11.0. The zero-order valence-electron chi connectivity index (χ0n) is 15.0. The van der Waals surface area contributed by atoms with Crippen molar-refractivity contribution in [1.29, 1.82) is 0 Å². The number of aryl methyl sites for hydroxylation is 2. The summed E-state index contributed by atoms with van der Waals surface area (Å²) in [5, 5.41) is 8.88. The fourth-order valence-electron chi connectivity index (χ4n) is 2.57. The molecule has 3 aromatic heterocycles. The van der Waals surface area contributed by atoms with E-state index in [2.05, 4.69) is 47.8 Å². The topological polar surface area (TPSA) is 42.5 Å². The summed E-state index contributed by atoms with van der Waals surface area (Å²) in [5.41, 5.74) is 5.42. The van der Waals surface area contributed by atoms with Gasteiger partial charge in [0.15, 0.2) is 0 Å². The molecule has 0 saturated heterocycles. The van der Waals surface area contributed by atoms with E-state index in [9.17, 15) is 0 Å². The number of aromatic nitrogens is 2. The minimum Gasteiger partial charge on any atom is -0.264 e. The summed E-state index contributed by atoms with van der Waals surface area (Å²) in [6.07, 6.45) is 5.37. The van der Waals surface area contributed by atoms with Crippen molar-refractivity contribution >= 4 is 34.6 Å². The normalized spacial score (nSPS) is 12.1. The molecule has 0 N–H and O–H groups in total. The molecule has 134 valence electrons. The summed E-state index contributed by atoms with van der Waals surface area (Å²) in [7, 11) is 0. The summed E-state index contributed by atoms with van der Waals surface area (Å²) in [6, 6.07) is 14.3. The highest BCUT2D eigenvalue weighted by molar-refractivity contribution is 7.14. The Kier molecular flexibility index (Phi) is 5.09. The molecule has 0 aliphatic heterocycles. The van der Waals surface area contributed by atoms with E-state index in [1.54, 1.807) is 35.1 Å². The van der Waals surface area contributed by atoms with E-state index in [0.29, 0.717) is 0 Å². The van der Waals surface area contributed by atoms with Crippen LogP contribution in [-0.2, 0) is 0 Å². The van der Waals surface area contributed by atoms with E-state index < -0.39 is 0 Å². The first-order chi connectivity index (χ1) is 13.2. The van der Waals surface area contributed by atoms with Gasteiger partial charge in [0.25, 0.3) is 0 Å². The van der Waals surface area contributed by atoms with E-state index in [1.165, 1.54) is 11.1 Å². The predicted octanol–water partition coefficient (Wildman–Crippen LogP) is 5.40. The number of thiophene rings is 1. The predicted molar refractivity (Wildman–Crippen MR) is 114 cm³/mol. The number of nitrogens with zero attached hydrogens (tertiary/aromatic N) is 4. The molecular formula is C21H18N4S2. The van der Waals surface area contributed by atoms with Gasteiger partial charge in [-0.1, -0.05) is 18.2 Å². The van der Waals surface area contributed by atoms with Crippen LogP contribution in [0, 0.1) is 13.8 Å². The zero-order chi connectivity index (χ0) is 18.6. The molecule has 0 bridgehead atoms. The Morgan fingerprint density at radius 3 is 2.70 bits per heavy atom. The van der Waals surface area contributed by atoms with Crippen molar-refractivity contribution in [2.24, 2.45) is 10.1 Å². The lowest BCUT2D eigenvalue weighted by atomic mass is 10.1. The Labute approximate surface area is 165 Å². The van der Waals surface area contributed by atoms with Gasteiger partial charge in [0, 0.05) is 23.3 Å². The number of pyridine rings is 1. The van der Waals surface area contributed by atoms with Crippen molar-refractivity contribution < 1.29 is 0 Å². The second-order valence-corrected chi connectivity index (χ2v) is 7.89. The molecule has 0 radical (unpaired) electrons. The average Bonchev–Trinajstić information content (AvgIpc) is 3.34. The first-order valence-electron chi connectivity index (χ1n) is 8.51. The lowest BCUT2D eigenvalue weighted by Crippen LogP contribution is -2.11. The van der Waals surface area contributed by atoms with Crippen LogP contribution >= 0.6 is 22.7 Å². The summed E-state index contributed by atoms with van der Waals surface area (Å²) in [5.74, 6) is 0. The molecule has 4 rings (SSSR count). The van der Waals surface area contributed by atoms with Gasteiger partial charge in [-0.15, -0.1) is 22.7 Å². The van der Waals surface area contributed by atoms with Crippen LogP contribution in [0.1, 0.15) is 16.7 Å². The molecule has 6 heteroatoms. The van der Waals surface area contributed by atoms with Crippen molar-refractivity contribution in [2.75, 3.05) is 0 Å². The first-order valence-corrected chi connectivity index (χ1v) is 10.3. The lowest BCUT2D eigenvalue weighted by Gasteiger charge is -2.02. The molecule has 0 spiro atoms. The van der Waals surface area contributed by atoms with E-state index in [4.69, 9.17) is 10.1 Å². The standard InChI is InChI=1S/C21H18N4S2/c1-15-7-8-18(11-16(15)2)24-21-25(23-13-17-5-3-9-22-12-17)19(14-27-21)20-6-4-10-26-20/h3-14H,1-2H3. The summed E-state index contributed by atoms with van der Waals surface area (Å²) in [6.45, 7) is 4.21. The van der Waals surface area contributed by atoms with Crippen molar-refractivity contribution in [3.63, 3.8) is 0 Å². The van der Waals surface area contributed by atoms with Gasteiger partial charge in [-0.3, -0.25) is 4.98 Å².